The zero-order valence-corrected chi connectivity index (χ0v) is 16.7. The summed E-state index contributed by atoms with van der Waals surface area (Å²) in [5, 5.41) is 2.74. The molecule has 0 aliphatic rings. The third-order valence-corrected chi connectivity index (χ3v) is 4.83. The summed E-state index contributed by atoms with van der Waals surface area (Å²) < 4.78 is 39.8. The van der Waals surface area contributed by atoms with Gasteiger partial charge in [0.05, 0.1) is 11.3 Å². The number of amides is 1. The molecule has 148 valence electrons. The first-order chi connectivity index (χ1) is 12.0. The van der Waals surface area contributed by atoms with E-state index in [0.717, 1.165) is 17.7 Å². The summed E-state index contributed by atoms with van der Waals surface area (Å²) in [7, 11) is -3.80. The van der Waals surface area contributed by atoms with E-state index < -0.39 is 21.4 Å². The number of carbonyl (C=O) groups is 1. The van der Waals surface area contributed by atoms with E-state index in [1.807, 2.05) is 13.8 Å². The lowest BCUT2D eigenvalue weighted by Gasteiger charge is -2.18. The second-order valence-corrected chi connectivity index (χ2v) is 8.38. The van der Waals surface area contributed by atoms with Crippen molar-refractivity contribution in [2.45, 2.75) is 30.7 Å². The Labute approximate surface area is 164 Å². The summed E-state index contributed by atoms with van der Waals surface area (Å²) in [4.78, 5) is 11.8. The Bertz CT molecular complexity index is 864. The number of nitrogens with two attached hydrogens (primary N) is 1. The number of benzene rings is 2. The molecule has 27 heavy (non-hydrogen) atoms. The molecule has 0 fully saturated rings. The Morgan fingerprint density at radius 2 is 1.63 bits per heavy atom. The molecule has 4 N–H and O–H groups in total. The summed E-state index contributed by atoms with van der Waals surface area (Å²) in [6, 6.07) is 11.0. The zero-order chi connectivity index (χ0) is 19.4. The number of anilines is 1. The van der Waals surface area contributed by atoms with E-state index in [0.29, 0.717) is 12.2 Å². The fraction of sp³-hybridized carbons (Fsp3) is 0.278. The molecule has 0 unspecified atom stereocenters. The minimum absolute atomic E-state index is 0. The summed E-state index contributed by atoms with van der Waals surface area (Å²) in [6.45, 7) is 3.99. The van der Waals surface area contributed by atoms with Crippen LogP contribution in [-0.4, -0.2) is 26.4 Å². The number of hydrogen-bond acceptors (Lipinski definition) is 4. The Morgan fingerprint density at radius 1 is 1.07 bits per heavy atom. The van der Waals surface area contributed by atoms with Crippen LogP contribution in [0, 0.1) is 5.82 Å². The molecule has 6 nitrogen and oxygen atoms in total. The van der Waals surface area contributed by atoms with Crippen LogP contribution in [0.2, 0.25) is 0 Å². The molecule has 0 saturated heterocycles. The first kappa shape index (κ1) is 22.9. The SMILES string of the molecule is CC(C)(N)CNC(=O)Cc1ccc(NS(=O)(=O)c2ccc(F)cc2)cc1.Cl. The minimum atomic E-state index is -3.80. The van der Waals surface area contributed by atoms with Crippen LogP contribution in [0.5, 0.6) is 0 Å². The molecular weight excluding hydrogens is 393 g/mol. The fourth-order valence-corrected chi connectivity index (χ4v) is 3.15. The highest BCUT2D eigenvalue weighted by Gasteiger charge is 2.15. The van der Waals surface area contributed by atoms with Gasteiger partial charge in [-0.3, -0.25) is 9.52 Å². The van der Waals surface area contributed by atoms with Crippen LogP contribution in [0.15, 0.2) is 53.4 Å². The molecule has 0 saturated carbocycles. The number of nitrogens with one attached hydrogen (secondary N) is 2. The first-order valence-corrected chi connectivity index (χ1v) is 9.46. The van der Waals surface area contributed by atoms with Crippen molar-refractivity contribution in [3.8, 4) is 0 Å². The maximum atomic E-state index is 12.9. The monoisotopic (exact) mass is 415 g/mol. The van der Waals surface area contributed by atoms with E-state index in [9.17, 15) is 17.6 Å². The van der Waals surface area contributed by atoms with Gasteiger partial charge in [-0.05, 0) is 55.8 Å². The van der Waals surface area contributed by atoms with Crippen LogP contribution in [-0.2, 0) is 21.2 Å². The Morgan fingerprint density at radius 3 is 2.15 bits per heavy atom. The number of hydrogen-bond donors (Lipinski definition) is 3. The van der Waals surface area contributed by atoms with Gasteiger partial charge in [-0.2, -0.15) is 0 Å². The summed E-state index contributed by atoms with van der Waals surface area (Å²) >= 11 is 0. The Balaban J connectivity index is 0.00000364. The van der Waals surface area contributed by atoms with Crippen molar-refractivity contribution in [2.24, 2.45) is 5.73 Å². The Kier molecular flexibility index (Phi) is 7.77. The number of sulfonamides is 1. The van der Waals surface area contributed by atoms with Gasteiger partial charge >= 0.3 is 0 Å². The smallest absolute Gasteiger partial charge is 0.261 e. The van der Waals surface area contributed by atoms with E-state index in [-0.39, 0.29) is 29.6 Å². The van der Waals surface area contributed by atoms with Gasteiger partial charge in [0, 0.05) is 17.8 Å². The standard InChI is InChI=1S/C18H22FN3O3S.ClH/c1-18(2,20)12-21-17(23)11-13-3-7-15(8-4-13)22-26(24,25)16-9-5-14(19)6-10-16;/h3-10,22H,11-12,20H2,1-2H3,(H,21,23);1H. The van der Waals surface area contributed by atoms with Crippen molar-refractivity contribution in [1.82, 2.24) is 5.32 Å². The van der Waals surface area contributed by atoms with Crippen molar-refractivity contribution < 1.29 is 17.6 Å². The predicted molar refractivity (Wildman–Crippen MR) is 106 cm³/mol. The van der Waals surface area contributed by atoms with Crippen molar-refractivity contribution in [2.75, 3.05) is 11.3 Å². The van der Waals surface area contributed by atoms with Gasteiger partial charge in [0.1, 0.15) is 5.82 Å². The molecule has 2 aromatic carbocycles. The van der Waals surface area contributed by atoms with Gasteiger partial charge in [0.15, 0.2) is 0 Å². The van der Waals surface area contributed by atoms with Gasteiger partial charge < -0.3 is 11.1 Å². The number of rotatable bonds is 7. The van der Waals surface area contributed by atoms with Gasteiger partial charge in [0.25, 0.3) is 10.0 Å². The van der Waals surface area contributed by atoms with Gasteiger partial charge in [-0.1, -0.05) is 12.1 Å². The van der Waals surface area contributed by atoms with E-state index in [1.54, 1.807) is 24.3 Å². The molecule has 0 heterocycles. The second kappa shape index (κ2) is 9.16. The summed E-state index contributed by atoms with van der Waals surface area (Å²) in [5.41, 5.74) is 6.41. The van der Waals surface area contributed by atoms with Crippen molar-refractivity contribution in [3.63, 3.8) is 0 Å². The summed E-state index contributed by atoms with van der Waals surface area (Å²) in [6.07, 6.45) is 0.168. The molecule has 0 aliphatic carbocycles. The van der Waals surface area contributed by atoms with Crippen LogP contribution >= 0.6 is 12.4 Å². The van der Waals surface area contributed by atoms with E-state index >= 15 is 0 Å². The fourth-order valence-electron chi connectivity index (χ4n) is 2.09. The summed E-state index contributed by atoms with van der Waals surface area (Å²) in [5.74, 6) is -0.673. The third kappa shape index (κ3) is 7.54. The van der Waals surface area contributed by atoms with E-state index in [2.05, 4.69) is 10.0 Å². The quantitative estimate of drug-likeness (QED) is 0.646. The Hall–Kier alpha value is -2.16. The molecule has 2 rings (SSSR count). The van der Waals surface area contributed by atoms with Crippen LogP contribution in [0.25, 0.3) is 0 Å². The van der Waals surface area contributed by atoms with Crippen molar-refractivity contribution in [1.29, 1.82) is 0 Å². The minimum Gasteiger partial charge on any atom is -0.354 e. The lowest BCUT2D eigenvalue weighted by Crippen LogP contribution is -2.45. The topological polar surface area (TPSA) is 101 Å². The van der Waals surface area contributed by atoms with Crippen LogP contribution in [0.3, 0.4) is 0 Å². The number of carbonyl (C=O) groups excluding carboxylic acids is 1. The molecule has 0 bridgehead atoms. The maximum Gasteiger partial charge on any atom is 0.261 e. The van der Waals surface area contributed by atoms with Crippen LogP contribution in [0.1, 0.15) is 19.4 Å². The van der Waals surface area contributed by atoms with Gasteiger partial charge in [0.2, 0.25) is 5.91 Å². The normalized spacial score (nSPS) is 11.4. The van der Waals surface area contributed by atoms with Gasteiger partial charge in [-0.15, -0.1) is 12.4 Å². The van der Waals surface area contributed by atoms with Crippen LogP contribution < -0.4 is 15.8 Å². The van der Waals surface area contributed by atoms with E-state index in [4.69, 9.17) is 5.73 Å². The largest absolute Gasteiger partial charge is 0.354 e. The lowest BCUT2D eigenvalue weighted by atomic mass is 10.1. The highest BCUT2D eigenvalue weighted by atomic mass is 35.5. The maximum absolute atomic E-state index is 12.9. The third-order valence-electron chi connectivity index (χ3n) is 3.44. The van der Waals surface area contributed by atoms with Crippen molar-refractivity contribution in [3.05, 3.63) is 59.9 Å². The molecular formula is C18H23ClFN3O3S. The molecule has 0 atom stereocenters. The lowest BCUT2D eigenvalue weighted by molar-refractivity contribution is -0.120. The first-order valence-electron chi connectivity index (χ1n) is 7.98. The van der Waals surface area contributed by atoms with Crippen molar-refractivity contribution >= 4 is 34.0 Å². The highest BCUT2D eigenvalue weighted by molar-refractivity contribution is 7.92. The average Bonchev–Trinajstić information content (AvgIpc) is 2.54. The molecule has 9 heteroatoms. The van der Waals surface area contributed by atoms with Gasteiger partial charge in [-0.25, -0.2) is 12.8 Å². The molecule has 0 aromatic heterocycles. The molecule has 1 amide bonds. The highest BCUT2D eigenvalue weighted by Crippen LogP contribution is 2.17. The molecule has 0 aliphatic heterocycles. The second-order valence-electron chi connectivity index (χ2n) is 6.70. The van der Waals surface area contributed by atoms with Crippen LogP contribution in [0.4, 0.5) is 10.1 Å². The molecule has 2 aromatic rings. The predicted octanol–water partition coefficient (Wildman–Crippen LogP) is 2.44. The molecule has 0 radical (unpaired) electrons. The van der Waals surface area contributed by atoms with E-state index in [1.165, 1.54) is 12.1 Å². The average molecular weight is 416 g/mol. The number of halogens is 2. The molecule has 0 spiro atoms. The zero-order valence-electron chi connectivity index (χ0n) is 15.0.